The van der Waals surface area contributed by atoms with E-state index in [1.807, 2.05) is 29.2 Å². The molecule has 4 heterocycles. The zero-order valence-electron chi connectivity index (χ0n) is 14.9. The molecule has 25 heavy (non-hydrogen) atoms. The van der Waals surface area contributed by atoms with Crippen LogP contribution in [0.3, 0.4) is 0 Å². The Labute approximate surface area is 145 Å². The molecular weight excluding hydrogens is 314 g/mol. The molecule has 0 aliphatic heterocycles. The van der Waals surface area contributed by atoms with E-state index in [9.17, 15) is 0 Å². The number of aromatic nitrogens is 5. The van der Waals surface area contributed by atoms with Gasteiger partial charge in [-0.3, -0.25) is 14.6 Å². The summed E-state index contributed by atoms with van der Waals surface area (Å²) < 4.78 is 7.43. The second-order valence-corrected chi connectivity index (χ2v) is 7.38. The Hall–Kier alpha value is -2.76. The van der Waals surface area contributed by atoms with E-state index in [1.54, 1.807) is 6.20 Å². The van der Waals surface area contributed by atoms with Crippen LogP contribution in [0.25, 0.3) is 22.1 Å². The molecule has 0 N–H and O–H groups in total. The minimum atomic E-state index is -0.208. The third kappa shape index (κ3) is 2.77. The van der Waals surface area contributed by atoms with Gasteiger partial charge in [0.15, 0.2) is 5.76 Å². The third-order valence-electron chi connectivity index (χ3n) is 4.46. The minimum Gasteiger partial charge on any atom is -0.358 e. The summed E-state index contributed by atoms with van der Waals surface area (Å²) in [5.41, 5.74) is 4.37. The van der Waals surface area contributed by atoms with Crippen molar-refractivity contribution in [3.05, 3.63) is 48.1 Å². The molecule has 6 nitrogen and oxygen atoms in total. The zero-order chi connectivity index (χ0) is 17.6. The fourth-order valence-corrected chi connectivity index (χ4v) is 3.12. The van der Waals surface area contributed by atoms with Crippen molar-refractivity contribution in [1.29, 1.82) is 0 Å². The molecule has 0 amide bonds. The summed E-state index contributed by atoms with van der Waals surface area (Å²) in [4.78, 5) is 8.95. The maximum atomic E-state index is 5.45. The van der Waals surface area contributed by atoms with Crippen molar-refractivity contribution < 1.29 is 4.52 Å². The average molecular weight is 335 g/mol. The topological polar surface area (TPSA) is 69.6 Å². The van der Waals surface area contributed by atoms with Gasteiger partial charge in [-0.1, -0.05) is 19.0 Å². The van der Waals surface area contributed by atoms with Gasteiger partial charge in [0.25, 0.3) is 0 Å². The first-order chi connectivity index (χ1) is 11.9. The van der Waals surface area contributed by atoms with Crippen molar-refractivity contribution in [3.63, 3.8) is 0 Å². The van der Waals surface area contributed by atoms with Crippen molar-refractivity contribution in [1.82, 2.24) is 24.9 Å². The van der Waals surface area contributed by atoms with Crippen molar-refractivity contribution in [2.45, 2.75) is 45.6 Å². The van der Waals surface area contributed by atoms with Gasteiger partial charge in [0, 0.05) is 18.3 Å². The predicted octanol–water partition coefficient (Wildman–Crippen LogP) is 4.07. The van der Waals surface area contributed by atoms with E-state index >= 15 is 0 Å². The van der Waals surface area contributed by atoms with Crippen LogP contribution in [0.5, 0.6) is 0 Å². The normalized spacial score (nSPS) is 12.5. The molecule has 0 atom stereocenters. The maximum Gasteiger partial charge on any atom is 0.165 e. The Balaban J connectivity index is 1.66. The van der Waals surface area contributed by atoms with E-state index in [0.29, 0.717) is 0 Å². The van der Waals surface area contributed by atoms with Gasteiger partial charge in [-0.2, -0.15) is 5.10 Å². The monoisotopic (exact) mass is 335 g/mol. The molecule has 0 radical (unpaired) electrons. The SMILES string of the molecule is CC(C)c1onc2cc(CC(C)(C)n3cc4ncccc4n3)cnc12. The molecule has 0 saturated heterocycles. The molecule has 4 rings (SSSR count). The van der Waals surface area contributed by atoms with Crippen molar-refractivity contribution in [2.24, 2.45) is 0 Å². The Bertz CT molecular complexity index is 1010. The number of hydrogen-bond donors (Lipinski definition) is 0. The molecule has 6 heteroatoms. The number of fused-ring (bicyclic) bond motifs is 2. The zero-order valence-corrected chi connectivity index (χ0v) is 14.9. The van der Waals surface area contributed by atoms with Crippen LogP contribution in [0.4, 0.5) is 0 Å². The lowest BCUT2D eigenvalue weighted by atomic mass is 9.96. The van der Waals surface area contributed by atoms with Gasteiger partial charge in [-0.15, -0.1) is 0 Å². The lowest BCUT2D eigenvalue weighted by Crippen LogP contribution is -2.29. The smallest absolute Gasteiger partial charge is 0.165 e. The maximum absolute atomic E-state index is 5.45. The Morgan fingerprint density at radius 2 is 2.00 bits per heavy atom. The summed E-state index contributed by atoms with van der Waals surface area (Å²) in [6.07, 6.45) is 6.48. The number of hydrogen-bond acceptors (Lipinski definition) is 5. The average Bonchev–Trinajstić information content (AvgIpc) is 3.18. The van der Waals surface area contributed by atoms with Crippen LogP contribution in [0.2, 0.25) is 0 Å². The van der Waals surface area contributed by atoms with Gasteiger partial charge in [-0.05, 0) is 44.0 Å². The second-order valence-electron chi connectivity index (χ2n) is 7.38. The van der Waals surface area contributed by atoms with Crippen molar-refractivity contribution >= 4 is 22.1 Å². The third-order valence-corrected chi connectivity index (χ3v) is 4.46. The molecule has 0 saturated carbocycles. The quantitative estimate of drug-likeness (QED) is 0.562. The second kappa shape index (κ2) is 5.65. The van der Waals surface area contributed by atoms with E-state index in [0.717, 1.165) is 39.8 Å². The highest BCUT2D eigenvalue weighted by Gasteiger charge is 2.24. The summed E-state index contributed by atoms with van der Waals surface area (Å²) in [6.45, 7) is 8.47. The van der Waals surface area contributed by atoms with E-state index in [2.05, 4.69) is 54.0 Å². The fraction of sp³-hybridized carbons (Fsp3) is 0.368. The highest BCUT2D eigenvalue weighted by atomic mass is 16.5. The van der Waals surface area contributed by atoms with Crippen LogP contribution in [0.1, 0.15) is 44.9 Å². The van der Waals surface area contributed by atoms with Crippen LogP contribution in [-0.2, 0) is 12.0 Å². The summed E-state index contributed by atoms with van der Waals surface area (Å²) >= 11 is 0. The van der Waals surface area contributed by atoms with Crippen LogP contribution in [0.15, 0.2) is 41.3 Å². The van der Waals surface area contributed by atoms with Crippen LogP contribution in [-0.4, -0.2) is 24.9 Å². The molecule has 128 valence electrons. The fourth-order valence-electron chi connectivity index (χ4n) is 3.12. The Kier molecular flexibility index (Phi) is 3.56. The summed E-state index contributed by atoms with van der Waals surface area (Å²) in [6, 6.07) is 5.94. The first kappa shape index (κ1) is 15.7. The lowest BCUT2D eigenvalue weighted by Gasteiger charge is -2.25. The standard InChI is InChI=1S/C19H21N5O/c1-12(2)18-17-15(23-25-18)8-13(10-21-17)9-19(3,4)24-11-16-14(22-24)6-5-7-20-16/h5-8,10-12H,9H2,1-4H3. The van der Waals surface area contributed by atoms with Gasteiger partial charge in [0.2, 0.25) is 0 Å². The molecule has 0 aliphatic carbocycles. The van der Waals surface area contributed by atoms with Gasteiger partial charge in [0.1, 0.15) is 22.1 Å². The van der Waals surface area contributed by atoms with E-state index in [4.69, 9.17) is 4.52 Å². The minimum absolute atomic E-state index is 0.208. The summed E-state index contributed by atoms with van der Waals surface area (Å²) in [7, 11) is 0. The Morgan fingerprint density at radius 3 is 2.76 bits per heavy atom. The van der Waals surface area contributed by atoms with Crippen LogP contribution < -0.4 is 0 Å². The summed E-state index contributed by atoms with van der Waals surface area (Å²) in [5.74, 6) is 1.11. The molecular formula is C19H21N5O. The molecule has 0 unspecified atom stereocenters. The Morgan fingerprint density at radius 1 is 1.16 bits per heavy atom. The molecule has 0 aromatic carbocycles. The highest BCUT2D eigenvalue weighted by molar-refractivity contribution is 5.76. The van der Waals surface area contributed by atoms with Crippen molar-refractivity contribution in [3.8, 4) is 0 Å². The molecule has 0 spiro atoms. The van der Waals surface area contributed by atoms with Crippen LogP contribution in [0, 0.1) is 0 Å². The van der Waals surface area contributed by atoms with E-state index in [-0.39, 0.29) is 11.5 Å². The number of nitrogens with zero attached hydrogens (tertiary/aromatic N) is 5. The molecule has 0 aliphatic rings. The van der Waals surface area contributed by atoms with Gasteiger partial charge >= 0.3 is 0 Å². The van der Waals surface area contributed by atoms with Gasteiger partial charge in [-0.25, -0.2) is 0 Å². The largest absolute Gasteiger partial charge is 0.358 e. The number of pyridine rings is 2. The molecule has 0 fully saturated rings. The number of rotatable bonds is 4. The van der Waals surface area contributed by atoms with Crippen LogP contribution >= 0.6 is 0 Å². The lowest BCUT2D eigenvalue weighted by molar-refractivity contribution is 0.319. The molecule has 0 bridgehead atoms. The molecule has 4 aromatic heterocycles. The first-order valence-electron chi connectivity index (χ1n) is 8.49. The highest BCUT2D eigenvalue weighted by Crippen LogP contribution is 2.27. The van der Waals surface area contributed by atoms with E-state index < -0.39 is 0 Å². The molecule has 4 aromatic rings. The van der Waals surface area contributed by atoms with E-state index in [1.165, 1.54) is 0 Å². The first-order valence-corrected chi connectivity index (χ1v) is 8.49. The van der Waals surface area contributed by atoms with Crippen molar-refractivity contribution in [2.75, 3.05) is 0 Å². The summed E-state index contributed by atoms with van der Waals surface area (Å²) in [5, 5.41) is 8.84. The van der Waals surface area contributed by atoms with Gasteiger partial charge in [0.05, 0.1) is 11.7 Å². The predicted molar refractivity (Wildman–Crippen MR) is 96.4 cm³/mol. The van der Waals surface area contributed by atoms with Gasteiger partial charge < -0.3 is 4.52 Å².